The Morgan fingerprint density at radius 1 is 1.34 bits per heavy atom. The van der Waals surface area contributed by atoms with E-state index in [1.54, 1.807) is 25.1 Å². The lowest BCUT2D eigenvalue weighted by atomic mass is 9.99. The van der Waals surface area contributed by atoms with Gasteiger partial charge in [0.1, 0.15) is 11.3 Å². The minimum Gasteiger partial charge on any atom is -0.508 e. The third-order valence-corrected chi connectivity index (χ3v) is 5.67. The molecule has 170 valence electrons. The Kier molecular flexibility index (Phi) is 6.32. The molecule has 1 saturated heterocycles. The summed E-state index contributed by atoms with van der Waals surface area (Å²) >= 11 is 0. The number of phenols is 1. The van der Waals surface area contributed by atoms with Crippen LogP contribution in [0.2, 0.25) is 0 Å². The van der Waals surface area contributed by atoms with E-state index in [1.165, 1.54) is 0 Å². The standard InChI is InChI=1S/C24H30N4O4/c1-5-32-24(30)20-21(16-7-6-8-18(29)13-16)26-23-19(15(4)27-28(23)14(2)3)22(20)25-17-9-11-31-12-10-17/h6-8,13-14,17,29H,5,9-12H2,1-4H3,(H,25,26). The zero-order valence-corrected chi connectivity index (χ0v) is 19.0. The largest absolute Gasteiger partial charge is 0.508 e. The molecule has 1 aromatic carbocycles. The molecule has 0 aliphatic carbocycles. The highest BCUT2D eigenvalue weighted by Gasteiger charge is 2.29. The van der Waals surface area contributed by atoms with Gasteiger partial charge in [0, 0.05) is 30.9 Å². The fourth-order valence-electron chi connectivity index (χ4n) is 4.15. The smallest absolute Gasteiger partial charge is 0.342 e. The molecule has 0 amide bonds. The molecule has 8 nitrogen and oxygen atoms in total. The maximum absolute atomic E-state index is 13.3. The summed E-state index contributed by atoms with van der Waals surface area (Å²) in [5, 5.41) is 19.3. The van der Waals surface area contributed by atoms with Crippen molar-refractivity contribution in [2.45, 2.75) is 52.6 Å². The monoisotopic (exact) mass is 438 g/mol. The number of nitrogens with zero attached hydrogens (tertiary/aromatic N) is 3. The normalized spacial score (nSPS) is 14.8. The molecule has 0 radical (unpaired) electrons. The molecule has 1 fully saturated rings. The Morgan fingerprint density at radius 3 is 2.75 bits per heavy atom. The topological polar surface area (TPSA) is 98.5 Å². The molecule has 2 N–H and O–H groups in total. The minimum atomic E-state index is -0.452. The Hall–Kier alpha value is -3.13. The maximum atomic E-state index is 13.3. The van der Waals surface area contributed by atoms with E-state index in [9.17, 15) is 9.90 Å². The van der Waals surface area contributed by atoms with E-state index in [0.29, 0.717) is 41.4 Å². The van der Waals surface area contributed by atoms with Crippen LogP contribution in [0.5, 0.6) is 5.75 Å². The van der Waals surface area contributed by atoms with Crippen LogP contribution in [0.1, 0.15) is 55.7 Å². The van der Waals surface area contributed by atoms with E-state index >= 15 is 0 Å². The third-order valence-electron chi connectivity index (χ3n) is 5.67. The molecule has 0 atom stereocenters. The van der Waals surface area contributed by atoms with Crippen LogP contribution in [-0.2, 0) is 9.47 Å². The fraction of sp³-hybridized carbons (Fsp3) is 0.458. The summed E-state index contributed by atoms with van der Waals surface area (Å²) in [5.74, 6) is -0.349. The summed E-state index contributed by atoms with van der Waals surface area (Å²) in [7, 11) is 0. The molecule has 1 aliphatic rings. The molecule has 1 aliphatic heterocycles. The first kappa shape index (κ1) is 22.1. The van der Waals surface area contributed by atoms with Crippen LogP contribution in [0.25, 0.3) is 22.3 Å². The highest BCUT2D eigenvalue weighted by atomic mass is 16.5. The molecule has 4 rings (SSSR count). The number of phenolic OH excluding ortho intramolecular Hbond substituents is 1. The van der Waals surface area contributed by atoms with Gasteiger partial charge in [-0.2, -0.15) is 5.10 Å². The Morgan fingerprint density at radius 2 is 2.09 bits per heavy atom. The number of ether oxygens (including phenoxy) is 2. The summed E-state index contributed by atoms with van der Waals surface area (Å²) in [5.41, 5.74) is 3.63. The van der Waals surface area contributed by atoms with Crippen molar-refractivity contribution in [3.8, 4) is 17.0 Å². The van der Waals surface area contributed by atoms with E-state index in [-0.39, 0.29) is 24.4 Å². The van der Waals surface area contributed by atoms with Gasteiger partial charge in [0.2, 0.25) is 0 Å². The van der Waals surface area contributed by atoms with Crippen molar-refractivity contribution >= 4 is 22.7 Å². The van der Waals surface area contributed by atoms with E-state index in [1.807, 2.05) is 31.5 Å². The fourth-order valence-corrected chi connectivity index (χ4v) is 4.15. The van der Waals surface area contributed by atoms with E-state index in [4.69, 9.17) is 19.6 Å². The van der Waals surface area contributed by atoms with Gasteiger partial charge < -0.3 is 19.9 Å². The Balaban J connectivity index is 2.04. The van der Waals surface area contributed by atoms with Gasteiger partial charge in [0.15, 0.2) is 5.65 Å². The number of anilines is 1. The summed E-state index contributed by atoms with van der Waals surface area (Å²) in [4.78, 5) is 18.2. The van der Waals surface area contributed by atoms with Crippen LogP contribution < -0.4 is 5.32 Å². The van der Waals surface area contributed by atoms with Crippen LogP contribution in [-0.4, -0.2) is 51.7 Å². The summed E-state index contributed by atoms with van der Waals surface area (Å²) in [6.07, 6.45) is 1.68. The van der Waals surface area contributed by atoms with Crippen LogP contribution in [0, 0.1) is 6.92 Å². The van der Waals surface area contributed by atoms with Crippen LogP contribution in [0.3, 0.4) is 0 Å². The van der Waals surface area contributed by atoms with Crippen molar-refractivity contribution in [2.75, 3.05) is 25.1 Å². The summed E-state index contributed by atoms with van der Waals surface area (Å²) in [6.45, 7) is 9.40. The average Bonchev–Trinajstić information content (AvgIpc) is 3.11. The van der Waals surface area contributed by atoms with Crippen LogP contribution in [0.15, 0.2) is 24.3 Å². The number of rotatable bonds is 6. The highest BCUT2D eigenvalue weighted by molar-refractivity contribution is 6.10. The number of carbonyl (C=O) groups is 1. The summed E-state index contributed by atoms with van der Waals surface area (Å²) < 4.78 is 12.9. The number of nitrogens with one attached hydrogen (secondary N) is 1. The van der Waals surface area contributed by atoms with Crippen molar-refractivity contribution in [1.82, 2.24) is 14.8 Å². The molecule has 3 aromatic rings. The van der Waals surface area contributed by atoms with Gasteiger partial charge in [-0.1, -0.05) is 12.1 Å². The van der Waals surface area contributed by atoms with Crippen molar-refractivity contribution in [2.24, 2.45) is 0 Å². The quantitative estimate of drug-likeness (QED) is 0.548. The van der Waals surface area contributed by atoms with Crippen LogP contribution >= 0.6 is 0 Å². The lowest BCUT2D eigenvalue weighted by molar-refractivity contribution is 0.0528. The lowest BCUT2D eigenvalue weighted by Crippen LogP contribution is -2.29. The molecule has 0 bridgehead atoms. The second-order valence-corrected chi connectivity index (χ2v) is 8.33. The van der Waals surface area contributed by atoms with E-state index in [0.717, 1.165) is 23.9 Å². The predicted octanol–water partition coefficient (Wildman–Crippen LogP) is 4.46. The van der Waals surface area contributed by atoms with Gasteiger partial charge in [-0.15, -0.1) is 0 Å². The lowest BCUT2D eigenvalue weighted by Gasteiger charge is -2.26. The second-order valence-electron chi connectivity index (χ2n) is 8.33. The molecule has 0 spiro atoms. The van der Waals surface area contributed by atoms with Crippen LogP contribution in [0.4, 0.5) is 5.69 Å². The number of hydrogen-bond acceptors (Lipinski definition) is 7. The van der Waals surface area contributed by atoms with Crippen molar-refractivity contribution < 1.29 is 19.4 Å². The average molecular weight is 439 g/mol. The van der Waals surface area contributed by atoms with Gasteiger partial charge in [0.25, 0.3) is 0 Å². The SMILES string of the molecule is CCOC(=O)c1c(-c2cccc(O)c2)nc2c(c(C)nn2C(C)C)c1NC1CCOCC1. The maximum Gasteiger partial charge on any atom is 0.342 e. The number of esters is 1. The summed E-state index contributed by atoms with van der Waals surface area (Å²) in [6, 6.07) is 7.01. The number of fused-ring (bicyclic) bond motifs is 1. The number of aromatic hydroxyl groups is 1. The molecule has 0 saturated carbocycles. The number of hydrogen-bond donors (Lipinski definition) is 2. The molecular weight excluding hydrogens is 408 g/mol. The van der Waals surface area contributed by atoms with E-state index < -0.39 is 5.97 Å². The first-order valence-electron chi connectivity index (χ1n) is 11.1. The molecule has 2 aromatic heterocycles. The van der Waals surface area contributed by atoms with Crippen molar-refractivity contribution in [3.05, 3.63) is 35.5 Å². The molecule has 0 unspecified atom stereocenters. The number of pyridine rings is 1. The molecule has 32 heavy (non-hydrogen) atoms. The zero-order chi connectivity index (χ0) is 22.8. The number of benzene rings is 1. The van der Waals surface area contributed by atoms with Crippen molar-refractivity contribution in [3.63, 3.8) is 0 Å². The van der Waals surface area contributed by atoms with E-state index in [2.05, 4.69) is 5.32 Å². The third kappa shape index (κ3) is 4.14. The minimum absolute atomic E-state index is 0.0834. The Labute approximate surface area is 187 Å². The molecular formula is C24H30N4O4. The van der Waals surface area contributed by atoms with Crippen molar-refractivity contribution in [1.29, 1.82) is 0 Å². The Bertz CT molecular complexity index is 1130. The molecule has 3 heterocycles. The number of aromatic nitrogens is 3. The molecule has 8 heteroatoms. The number of carbonyl (C=O) groups excluding carboxylic acids is 1. The second kappa shape index (κ2) is 9.16. The number of aryl methyl sites for hydroxylation is 1. The first-order chi connectivity index (χ1) is 15.4. The van der Waals surface area contributed by atoms with Gasteiger partial charge in [-0.05, 0) is 52.7 Å². The van der Waals surface area contributed by atoms with Gasteiger partial charge >= 0.3 is 5.97 Å². The first-order valence-corrected chi connectivity index (χ1v) is 11.1. The van der Waals surface area contributed by atoms with Gasteiger partial charge in [0.05, 0.1) is 29.1 Å². The predicted molar refractivity (Wildman–Crippen MR) is 123 cm³/mol. The zero-order valence-electron chi connectivity index (χ0n) is 19.0. The van der Waals surface area contributed by atoms with Gasteiger partial charge in [-0.3, -0.25) is 0 Å². The van der Waals surface area contributed by atoms with Gasteiger partial charge in [-0.25, -0.2) is 14.5 Å². The highest BCUT2D eigenvalue weighted by Crippen LogP contribution is 2.38.